The average molecular weight is 256 g/mol. The Labute approximate surface area is 113 Å². The summed E-state index contributed by atoms with van der Waals surface area (Å²) in [5, 5.41) is 15.2. The van der Waals surface area contributed by atoms with Crippen LogP contribution in [0.2, 0.25) is 0 Å². The molecular weight excluding hydrogens is 236 g/mol. The minimum Gasteiger partial charge on any atom is -0.387 e. The minimum absolute atomic E-state index is 0.148. The second-order valence-electron chi connectivity index (χ2n) is 5.55. The van der Waals surface area contributed by atoms with Crippen molar-refractivity contribution in [3.63, 3.8) is 0 Å². The molecule has 1 aromatic heterocycles. The molecule has 100 valence electrons. The number of para-hydroxylation sites is 1. The predicted molar refractivity (Wildman–Crippen MR) is 76.9 cm³/mol. The summed E-state index contributed by atoms with van der Waals surface area (Å²) in [5.74, 6) is 0.675. The van der Waals surface area contributed by atoms with Gasteiger partial charge in [0, 0.05) is 17.6 Å². The van der Waals surface area contributed by atoms with Gasteiger partial charge in [0.2, 0.25) is 0 Å². The molecule has 1 aliphatic heterocycles. The van der Waals surface area contributed by atoms with E-state index in [-0.39, 0.29) is 6.04 Å². The van der Waals surface area contributed by atoms with Gasteiger partial charge in [0.15, 0.2) is 0 Å². The average Bonchev–Trinajstić information content (AvgIpc) is 2.46. The smallest absolute Gasteiger partial charge is 0.0950 e. The van der Waals surface area contributed by atoms with Crippen LogP contribution >= 0.6 is 0 Å². The number of hydrogen-bond donors (Lipinski definition) is 2. The van der Waals surface area contributed by atoms with E-state index >= 15 is 0 Å². The van der Waals surface area contributed by atoms with E-state index in [1.165, 1.54) is 6.42 Å². The highest BCUT2D eigenvalue weighted by Crippen LogP contribution is 2.29. The molecule has 2 aromatic rings. The molecular formula is C16H20N2O. The van der Waals surface area contributed by atoms with E-state index in [9.17, 15) is 5.11 Å². The largest absolute Gasteiger partial charge is 0.387 e. The molecule has 0 saturated carbocycles. The Morgan fingerprint density at radius 1 is 1.32 bits per heavy atom. The van der Waals surface area contributed by atoms with Crippen molar-refractivity contribution in [3.05, 3.63) is 42.1 Å². The van der Waals surface area contributed by atoms with Gasteiger partial charge in [0.1, 0.15) is 0 Å². The van der Waals surface area contributed by atoms with Gasteiger partial charge in [-0.25, -0.2) is 0 Å². The molecule has 3 nitrogen and oxygen atoms in total. The number of fused-ring (bicyclic) bond motifs is 1. The lowest BCUT2D eigenvalue weighted by molar-refractivity contribution is 0.103. The first kappa shape index (κ1) is 12.6. The molecule has 3 atom stereocenters. The van der Waals surface area contributed by atoms with Gasteiger partial charge >= 0.3 is 0 Å². The summed E-state index contributed by atoms with van der Waals surface area (Å²) >= 11 is 0. The van der Waals surface area contributed by atoms with Crippen LogP contribution in [0.5, 0.6) is 0 Å². The number of pyridine rings is 1. The highest BCUT2D eigenvalue weighted by Gasteiger charge is 2.26. The standard InChI is InChI=1S/C16H20N2O/c1-11-6-8-18-15(10-11)16(19)13-7-9-17-14-5-3-2-4-12(13)14/h2-5,7,9,11,15-16,18-19H,6,8,10H2,1H3. The summed E-state index contributed by atoms with van der Waals surface area (Å²) < 4.78 is 0. The second-order valence-corrected chi connectivity index (χ2v) is 5.55. The van der Waals surface area contributed by atoms with E-state index in [0.717, 1.165) is 29.4 Å². The third kappa shape index (κ3) is 2.48. The maximum Gasteiger partial charge on any atom is 0.0950 e. The number of nitrogens with one attached hydrogen (secondary N) is 1. The minimum atomic E-state index is -0.462. The molecule has 3 heteroatoms. The van der Waals surface area contributed by atoms with Crippen LogP contribution in [0.25, 0.3) is 10.9 Å². The van der Waals surface area contributed by atoms with Crippen LogP contribution in [-0.4, -0.2) is 22.7 Å². The van der Waals surface area contributed by atoms with E-state index in [1.807, 2.05) is 30.3 Å². The fourth-order valence-corrected chi connectivity index (χ4v) is 2.98. The number of aliphatic hydroxyl groups is 1. The molecule has 2 N–H and O–H groups in total. The van der Waals surface area contributed by atoms with Gasteiger partial charge in [0.05, 0.1) is 11.6 Å². The van der Waals surface area contributed by atoms with E-state index in [1.54, 1.807) is 6.20 Å². The Kier molecular flexibility index (Phi) is 3.49. The molecule has 1 saturated heterocycles. The Hall–Kier alpha value is -1.45. The SMILES string of the molecule is CC1CCNC(C(O)c2ccnc3ccccc23)C1. The topological polar surface area (TPSA) is 45.1 Å². The van der Waals surface area contributed by atoms with Gasteiger partial charge in [-0.2, -0.15) is 0 Å². The highest BCUT2D eigenvalue weighted by atomic mass is 16.3. The molecule has 0 aliphatic carbocycles. The van der Waals surface area contributed by atoms with Crippen molar-refractivity contribution < 1.29 is 5.11 Å². The summed E-state index contributed by atoms with van der Waals surface area (Å²) in [7, 11) is 0. The van der Waals surface area contributed by atoms with Crippen LogP contribution < -0.4 is 5.32 Å². The van der Waals surface area contributed by atoms with Crippen molar-refractivity contribution >= 4 is 10.9 Å². The van der Waals surface area contributed by atoms with E-state index < -0.39 is 6.10 Å². The molecule has 0 radical (unpaired) electrons. The Morgan fingerprint density at radius 3 is 3.00 bits per heavy atom. The first-order chi connectivity index (χ1) is 9.25. The molecule has 0 spiro atoms. The van der Waals surface area contributed by atoms with Crippen molar-refractivity contribution in [2.24, 2.45) is 5.92 Å². The summed E-state index contributed by atoms with van der Waals surface area (Å²) in [6, 6.07) is 10.1. The van der Waals surface area contributed by atoms with Crippen molar-refractivity contribution in [2.45, 2.75) is 31.9 Å². The molecule has 1 fully saturated rings. The maximum atomic E-state index is 10.7. The molecule has 1 aromatic carbocycles. The Morgan fingerprint density at radius 2 is 2.16 bits per heavy atom. The fraction of sp³-hybridized carbons (Fsp3) is 0.438. The van der Waals surface area contributed by atoms with Crippen LogP contribution in [0.3, 0.4) is 0 Å². The van der Waals surface area contributed by atoms with Crippen molar-refractivity contribution in [1.82, 2.24) is 10.3 Å². The van der Waals surface area contributed by atoms with E-state index in [2.05, 4.69) is 17.2 Å². The number of piperidine rings is 1. The highest BCUT2D eigenvalue weighted by molar-refractivity contribution is 5.82. The van der Waals surface area contributed by atoms with Crippen LogP contribution in [-0.2, 0) is 0 Å². The van der Waals surface area contributed by atoms with Crippen LogP contribution in [0.1, 0.15) is 31.4 Å². The first-order valence-electron chi connectivity index (χ1n) is 7.01. The number of rotatable bonds is 2. The number of aromatic nitrogens is 1. The van der Waals surface area contributed by atoms with E-state index in [4.69, 9.17) is 0 Å². The normalized spacial score (nSPS) is 25.4. The molecule has 3 rings (SSSR count). The zero-order chi connectivity index (χ0) is 13.2. The Bertz CT molecular complexity index is 564. The maximum absolute atomic E-state index is 10.7. The van der Waals surface area contributed by atoms with E-state index in [0.29, 0.717) is 5.92 Å². The third-order valence-corrected chi connectivity index (χ3v) is 4.08. The van der Waals surface area contributed by atoms with Gasteiger partial charge in [0.25, 0.3) is 0 Å². The van der Waals surface area contributed by atoms with Gasteiger partial charge in [-0.05, 0) is 43.0 Å². The molecule has 1 aliphatic rings. The molecule has 0 amide bonds. The summed E-state index contributed by atoms with van der Waals surface area (Å²) in [6.07, 6.45) is 3.54. The third-order valence-electron chi connectivity index (χ3n) is 4.08. The van der Waals surface area contributed by atoms with Gasteiger partial charge in [-0.15, -0.1) is 0 Å². The summed E-state index contributed by atoms with van der Waals surface area (Å²) in [5.41, 5.74) is 1.93. The van der Waals surface area contributed by atoms with Gasteiger partial charge in [-0.3, -0.25) is 4.98 Å². The quantitative estimate of drug-likeness (QED) is 0.868. The van der Waals surface area contributed by atoms with Crippen molar-refractivity contribution in [1.29, 1.82) is 0 Å². The molecule has 3 unspecified atom stereocenters. The zero-order valence-corrected chi connectivity index (χ0v) is 11.2. The zero-order valence-electron chi connectivity index (χ0n) is 11.2. The lowest BCUT2D eigenvalue weighted by atomic mass is 9.88. The monoisotopic (exact) mass is 256 g/mol. The van der Waals surface area contributed by atoms with Crippen LogP contribution in [0, 0.1) is 5.92 Å². The second kappa shape index (κ2) is 5.27. The van der Waals surface area contributed by atoms with Crippen LogP contribution in [0.15, 0.2) is 36.5 Å². The molecule has 0 bridgehead atoms. The fourth-order valence-electron chi connectivity index (χ4n) is 2.98. The van der Waals surface area contributed by atoms with Crippen LogP contribution in [0.4, 0.5) is 0 Å². The predicted octanol–water partition coefficient (Wildman–Crippen LogP) is 2.66. The molecule has 2 heterocycles. The Balaban J connectivity index is 1.95. The molecule has 19 heavy (non-hydrogen) atoms. The summed E-state index contributed by atoms with van der Waals surface area (Å²) in [6.45, 7) is 3.25. The van der Waals surface area contributed by atoms with Crippen molar-refractivity contribution in [2.75, 3.05) is 6.54 Å². The lowest BCUT2D eigenvalue weighted by Gasteiger charge is -2.32. The first-order valence-corrected chi connectivity index (χ1v) is 7.01. The number of hydrogen-bond acceptors (Lipinski definition) is 3. The number of benzene rings is 1. The van der Waals surface area contributed by atoms with Gasteiger partial charge in [-0.1, -0.05) is 25.1 Å². The van der Waals surface area contributed by atoms with Crippen molar-refractivity contribution in [3.8, 4) is 0 Å². The van der Waals surface area contributed by atoms with Gasteiger partial charge < -0.3 is 10.4 Å². The number of aliphatic hydroxyl groups excluding tert-OH is 1. The summed E-state index contributed by atoms with van der Waals surface area (Å²) in [4.78, 5) is 4.35. The number of nitrogens with zero attached hydrogens (tertiary/aromatic N) is 1. The lowest BCUT2D eigenvalue weighted by Crippen LogP contribution is -2.41.